The number of aromatic nitrogens is 2. The van der Waals surface area contributed by atoms with Gasteiger partial charge in [-0.3, -0.25) is 4.68 Å². The molecule has 0 amide bonds. The van der Waals surface area contributed by atoms with E-state index in [-0.39, 0.29) is 0 Å². The van der Waals surface area contributed by atoms with Crippen LogP contribution in [0.4, 0.5) is 5.69 Å². The molecule has 0 fully saturated rings. The minimum absolute atomic E-state index is 0.552. The van der Waals surface area contributed by atoms with Crippen LogP contribution in [0.1, 0.15) is 25.2 Å². The minimum Gasteiger partial charge on any atom is -0.619 e. The van der Waals surface area contributed by atoms with E-state index in [4.69, 9.17) is 9.47 Å². The summed E-state index contributed by atoms with van der Waals surface area (Å²) in [6, 6.07) is 0. The van der Waals surface area contributed by atoms with Crippen molar-refractivity contribution in [1.29, 1.82) is 0 Å². The summed E-state index contributed by atoms with van der Waals surface area (Å²) in [4.78, 5) is 0. The molecule has 0 spiro atoms. The summed E-state index contributed by atoms with van der Waals surface area (Å²) in [7, 11) is 1.64. The van der Waals surface area contributed by atoms with Gasteiger partial charge in [0.2, 0.25) is 0 Å². The van der Waals surface area contributed by atoms with Gasteiger partial charge in [-0.15, -0.1) is 0 Å². The molecule has 108 valence electrons. The summed E-state index contributed by atoms with van der Waals surface area (Å²) in [5.41, 5.74) is 2.30. The van der Waals surface area contributed by atoms with E-state index in [0.29, 0.717) is 43.2 Å². The number of nitrogens with zero attached hydrogens (tertiary/aromatic N) is 3. The third-order valence-electron chi connectivity index (χ3n) is 2.90. The van der Waals surface area contributed by atoms with Gasteiger partial charge in [0.25, 0.3) is 5.69 Å². The topological polar surface area (TPSA) is 62.4 Å². The van der Waals surface area contributed by atoms with Gasteiger partial charge in [-0.2, -0.15) is 9.84 Å². The van der Waals surface area contributed by atoms with Gasteiger partial charge in [0, 0.05) is 7.11 Å². The average molecular weight is 269 g/mol. The van der Waals surface area contributed by atoms with E-state index in [9.17, 15) is 5.21 Å². The van der Waals surface area contributed by atoms with Gasteiger partial charge < -0.3 is 14.7 Å². The fourth-order valence-corrected chi connectivity index (χ4v) is 2.00. The molecule has 19 heavy (non-hydrogen) atoms. The minimum atomic E-state index is 0.552. The molecule has 1 aromatic rings. The van der Waals surface area contributed by atoms with Gasteiger partial charge in [-0.1, -0.05) is 13.8 Å². The van der Waals surface area contributed by atoms with Crippen molar-refractivity contribution in [3.05, 3.63) is 16.6 Å². The van der Waals surface area contributed by atoms with Crippen molar-refractivity contribution in [2.75, 3.05) is 26.9 Å². The normalized spacial score (nSPS) is 10.9. The van der Waals surface area contributed by atoms with E-state index >= 15 is 0 Å². The van der Waals surface area contributed by atoms with Crippen LogP contribution in [0.3, 0.4) is 0 Å². The molecule has 0 aliphatic rings. The molecule has 1 heterocycles. The lowest BCUT2D eigenvalue weighted by molar-refractivity contribution is -0.351. The lowest BCUT2D eigenvalue weighted by Crippen LogP contribution is -2.12. The standard InChI is InChI=1S/C13H23N3O3/c1-5-11-13(15(3)17)12(6-2)16(14-11)7-8-19-10-9-18-4/h3,5-10H2,1-2,4H3. The zero-order chi connectivity index (χ0) is 14.3. The summed E-state index contributed by atoms with van der Waals surface area (Å²) in [5.74, 6) is 0. The summed E-state index contributed by atoms with van der Waals surface area (Å²) in [6.07, 6.45) is 1.46. The van der Waals surface area contributed by atoms with Crippen LogP contribution in [0, 0.1) is 5.21 Å². The quantitative estimate of drug-likeness (QED) is 0.224. The van der Waals surface area contributed by atoms with Crippen molar-refractivity contribution in [3.8, 4) is 0 Å². The molecule has 1 rings (SSSR count). The Hall–Kier alpha value is -1.40. The summed E-state index contributed by atoms with van der Waals surface area (Å²) < 4.78 is 12.8. The Balaban J connectivity index is 2.74. The fourth-order valence-electron chi connectivity index (χ4n) is 2.00. The van der Waals surface area contributed by atoms with Crippen LogP contribution in [0.25, 0.3) is 0 Å². The molecule has 0 saturated carbocycles. The zero-order valence-electron chi connectivity index (χ0n) is 12.0. The lowest BCUT2D eigenvalue weighted by Gasteiger charge is -2.07. The third kappa shape index (κ3) is 4.04. The van der Waals surface area contributed by atoms with Crippen LogP contribution in [0.2, 0.25) is 0 Å². The predicted molar refractivity (Wildman–Crippen MR) is 74.1 cm³/mol. The van der Waals surface area contributed by atoms with Crippen LogP contribution in [-0.2, 0) is 28.9 Å². The molecule has 6 heteroatoms. The molecular formula is C13H23N3O3. The second-order valence-corrected chi connectivity index (χ2v) is 4.16. The maximum absolute atomic E-state index is 11.5. The van der Waals surface area contributed by atoms with Crippen molar-refractivity contribution in [2.45, 2.75) is 33.2 Å². The first-order valence-electron chi connectivity index (χ1n) is 6.58. The van der Waals surface area contributed by atoms with Gasteiger partial charge in [0.05, 0.1) is 26.4 Å². The Morgan fingerprint density at radius 2 is 2.00 bits per heavy atom. The average Bonchev–Trinajstić information content (AvgIpc) is 2.76. The van der Waals surface area contributed by atoms with Gasteiger partial charge in [0.1, 0.15) is 18.1 Å². The predicted octanol–water partition coefficient (Wildman–Crippen LogP) is 1.51. The third-order valence-corrected chi connectivity index (χ3v) is 2.90. The largest absolute Gasteiger partial charge is 0.619 e. The second-order valence-electron chi connectivity index (χ2n) is 4.16. The lowest BCUT2D eigenvalue weighted by atomic mass is 10.2. The molecule has 0 aliphatic carbocycles. The number of hydrogen-bond donors (Lipinski definition) is 0. The van der Waals surface area contributed by atoms with Crippen molar-refractivity contribution < 1.29 is 14.2 Å². The van der Waals surface area contributed by atoms with Crippen LogP contribution in [-0.4, -0.2) is 48.2 Å². The Bertz CT molecular complexity index is 416. The molecule has 0 bridgehead atoms. The summed E-state index contributed by atoms with van der Waals surface area (Å²) >= 11 is 0. The molecule has 0 aromatic carbocycles. The maximum atomic E-state index is 11.5. The Labute approximate surface area is 114 Å². The Morgan fingerprint density at radius 1 is 1.26 bits per heavy atom. The molecule has 0 atom stereocenters. The number of ether oxygens (including phenoxy) is 2. The molecule has 0 unspecified atom stereocenters. The molecule has 1 aromatic heterocycles. The molecule has 6 nitrogen and oxygen atoms in total. The SMILES string of the molecule is C=[N+]([O-])c1c(CC)nn(CCOCCOC)c1CC. The van der Waals surface area contributed by atoms with E-state index in [1.54, 1.807) is 7.11 Å². The summed E-state index contributed by atoms with van der Waals surface area (Å²) in [6.45, 7) is 9.75. The molecule has 0 N–H and O–H groups in total. The van der Waals surface area contributed by atoms with E-state index in [1.165, 1.54) is 0 Å². The first kappa shape index (κ1) is 15.7. The van der Waals surface area contributed by atoms with E-state index < -0.39 is 0 Å². The van der Waals surface area contributed by atoms with Crippen molar-refractivity contribution in [3.63, 3.8) is 0 Å². The number of hydrogen-bond acceptors (Lipinski definition) is 4. The smallest absolute Gasteiger partial charge is 0.260 e. The van der Waals surface area contributed by atoms with Crippen LogP contribution < -0.4 is 0 Å². The first-order chi connectivity index (χ1) is 9.15. The molecule has 0 aliphatic heterocycles. The van der Waals surface area contributed by atoms with Crippen LogP contribution in [0.15, 0.2) is 0 Å². The van der Waals surface area contributed by atoms with E-state index in [1.807, 2.05) is 18.5 Å². The van der Waals surface area contributed by atoms with Gasteiger partial charge in [0.15, 0.2) is 0 Å². The van der Waals surface area contributed by atoms with E-state index in [0.717, 1.165) is 17.8 Å². The highest BCUT2D eigenvalue weighted by Crippen LogP contribution is 2.24. The highest BCUT2D eigenvalue weighted by Gasteiger charge is 2.21. The Morgan fingerprint density at radius 3 is 2.53 bits per heavy atom. The second kappa shape index (κ2) is 7.91. The van der Waals surface area contributed by atoms with Gasteiger partial charge in [-0.05, 0) is 12.8 Å². The summed E-state index contributed by atoms with van der Waals surface area (Å²) in [5, 5.41) is 16.0. The number of rotatable bonds is 9. The van der Waals surface area contributed by atoms with E-state index in [2.05, 4.69) is 11.8 Å². The molecule has 0 radical (unpaired) electrons. The molecular weight excluding hydrogens is 246 g/mol. The van der Waals surface area contributed by atoms with Crippen LogP contribution in [0.5, 0.6) is 0 Å². The maximum Gasteiger partial charge on any atom is 0.260 e. The fraction of sp³-hybridized carbons (Fsp3) is 0.692. The van der Waals surface area contributed by atoms with Crippen molar-refractivity contribution in [2.24, 2.45) is 0 Å². The highest BCUT2D eigenvalue weighted by molar-refractivity contribution is 5.44. The first-order valence-corrected chi connectivity index (χ1v) is 6.58. The number of methoxy groups -OCH3 is 1. The van der Waals surface area contributed by atoms with Crippen LogP contribution >= 0.6 is 0 Å². The Kier molecular flexibility index (Phi) is 6.52. The number of aryl methyl sites for hydroxylation is 1. The monoisotopic (exact) mass is 269 g/mol. The van der Waals surface area contributed by atoms with Gasteiger partial charge >= 0.3 is 0 Å². The molecule has 0 saturated heterocycles. The highest BCUT2D eigenvalue weighted by atomic mass is 16.5. The zero-order valence-corrected chi connectivity index (χ0v) is 12.0. The van der Waals surface area contributed by atoms with Crippen molar-refractivity contribution >= 4 is 12.4 Å². The van der Waals surface area contributed by atoms with Crippen molar-refractivity contribution in [1.82, 2.24) is 9.78 Å². The van der Waals surface area contributed by atoms with Gasteiger partial charge in [-0.25, -0.2) is 0 Å².